The van der Waals surface area contributed by atoms with Crippen LogP contribution in [0.4, 0.5) is 4.39 Å². The van der Waals surface area contributed by atoms with Crippen LogP contribution in [0.15, 0.2) is 28.7 Å². The van der Waals surface area contributed by atoms with Crippen LogP contribution in [0.2, 0.25) is 0 Å². The first-order valence-corrected chi connectivity index (χ1v) is 6.82. The summed E-state index contributed by atoms with van der Waals surface area (Å²) in [6.45, 7) is 2.94. The molecular formula is C15H19FN2O. The van der Waals surface area contributed by atoms with Crippen molar-refractivity contribution in [2.75, 3.05) is 20.1 Å². The molecule has 1 aliphatic heterocycles. The molecule has 0 bridgehead atoms. The lowest BCUT2D eigenvalue weighted by atomic mass is 10.1. The van der Waals surface area contributed by atoms with Gasteiger partial charge in [0, 0.05) is 18.0 Å². The Labute approximate surface area is 112 Å². The fourth-order valence-corrected chi connectivity index (χ4v) is 2.80. The van der Waals surface area contributed by atoms with Crippen LogP contribution >= 0.6 is 0 Å². The molecule has 102 valence electrons. The zero-order chi connectivity index (χ0) is 13.2. The first-order valence-electron chi connectivity index (χ1n) is 6.82. The molecule has 1 aromatic carbocycles. The topological polar surface area (TPSA) is 28.4 Å². The van der Waals surface area contributed by atoms with Crippen LogP contribution in [0.5, 0.6) is 0 Å². The van der Waals surface area contributed by atoms with E-state index in [9.17, 15) is 4.39 Å². The number of nitrogens with one attached hydrogen (secondary N) is 1. The molecule has 2 heterocycles. The van der Waals surface area contributed by atoms with Crippen LogP contribution in [-0.4, -0.2) is 31.1 Å². The molecule has 1 fully saturated rings. The van der Waals surface area contributed by atoms with Crippen LogP contribution in [0, 0.1) is 5.82 Å². The first kappa shape index (κ1) is 12.6. The summed E-state index contributed by atoms with van der Waals surface area (Å²) >= 11 is 0. The Bertz CT molecular complexity index is 566. The van der Waals surface area contributed by atoms with Gasteiger partial charge in [0.05, 0.1) is 6.54 Å². The number of furan rings is 1. The highest BCUT2D eigenvalue weighted by Crippen LogP contribution is 2.22. The average molecular weight is 262 g/mol. The Kier molecular flexibility index (Phi) is 3.53. The van der Waals surface area contributed by atoms with Gasteiger partial charge in [-0.2, -0.15) is 0 Å². The molecule has 1 aromatic heterocycles. The number of rotatable bonds is 3. The van der Waals surface area contributed by atoms with Crippen molar-refractivity contribution in [2.24, 2.45) is 0 Å². The number of likely N-dealkylation sites (N-methyl/N-ethyl adjacent to an activating group) is 1. The zero-order valence-corrected chi connectivity index (χ0v) is 11.2. The Hall–Kier alpha value is -1.39. The van der Waals surface area contributed by atoms with Crippen molar-refractivity contribution in [2.45, 2.75) is 25.4 Å². The maximum Gasteiger partial charge on any atom is 0.134 e. The van der Waals surface area contributed by atoms with Crippen molar-refractivity contribution in [3.8, 4) is 0 Å². The minimum atomic E-state index is -0.215. The summed E-state index contributed by atoms with van der Waals surface area (Å²) in [6, 6.07) is 7.17. The van der Waals surface area contributed by atoms with Gasteiger partial charge in [-0.05, 0) is 50.7 Å². The van der Waals surface area contributed by atoms with Gasteiger partial charge in [0.2, 0.25) is 0 Å². The molecule has 1 saturated heterocycles. The van der Waals surface area contributed by atoms with E-state index in [1.165, 1.54) is 25.0 Å². The van der Waals surface area contributed by atoms with E-state index in [0.717, 1.165) is 36.4 Å². The molecule has 3 rings (SSSR count). The predicted octanol–water partition coefficient (Wildman–Crippen LogP) is 2.76. The van der Waals surface area contributed by atoms with Crippen LogP contribution < -0.4 is 5.32 Å². The van der Waals surface area contributed by atoms with Gasteiger partial charge in [0.15, 0.2) is 0 Å². The molecule has 0 saturated carbocycles. The number of halogens is 1. The molecular weight excluding hydrogens is 243 g/mol. The molecule has 1 atom stereocenters. The Balaban J connectivity index is 1.74. The summed E-state index contributed by atoms with van der Waals surface area (Å²) in [5.74, 6) is 0.699. The number of benzene rings is 1. The van der Waals surface area contributed by atoms with E-state index in [-0.39, 0.29) is 5.82 Å². The van der Waals surface area contributed by atoms with Gasteiger partial charge in [-0.25, -0.2) is 4.39 Å². The number of hydrogen-bond acceptors (Lipinski definition) is 3. The second-order valence-electron chi connectivity index (χ2n) is 5.26. The van der Waals surface area contributed by atoms with Gasteiger partial charge in [0.1, 0.15) is 17.2 Å². The van der Waals surface area contributed by atoms with Crippen molar-refractivity contribution in [3.05, 3.63) is 35.8 Å². The Morgan fingerprint density at radius 1 is 1.42 bits per heavy atom. The standard InChI is InChI=1S/C15H19FN2O/c1-17-13-3-2-6-18(9-13)10-14-8-11-7-12(16)4-5-15(11)19-14/h4-5,7-8,13,17H,2-3,6,9-10H2,1H3. The largest absolute Gasteiger partial charge is 0.460 e. The number of likely N-dealkylation sites (tertiary alicyclic amines) is 1. The van der Waals surface area contributed by atoms with Crippen molar-refractivity contribution in [1.29, 1.82) is 0 Å². The van der Waals surface area contributed by atoms with E-state index in [0.29, 0.717) is 6.04 Å². The fourth-order valence-electron chi connectivity index (χ4n) is 2.80. The smallest absolute Gasteiger partial charge is 0.134 e. The zero-order valence-electron chi connectivity index (χ0n) is 11.2. The third-order valence-electron chi connectivity index (χ3n) is 3.82. The lowest BCUT2D eigenvalue weighted by Crippen LogP contribution is -2.43. The van der Waals surface area contributed by atoms with Crippen molar-refractivity contribution < 1.29 is 8.81 Å². The molecule has 0 radical (unpaired) electrons. The predicted molar refractivity (Wildman–Crippen MR) is 73.5 cm³/mol. The minimum Gasteiger partial charge on any atom is -0.460 e. The number of fused-ring (bicyclic) bond motifs is 1. The van der Waals surface area contributed by atoms with Crippen LogP contribution in [0.25, 0.3) is 11.0 Å². The first-order chi connectivity index (χ1) is 9.24. The van der Waals surface area contributed by atoms with Gasteiger partial charge in [-0.1, -0.05) is 0 Å². The van der Waals surface area contributed by atoms with Gasteiger partial charge in [0.25, 0.3) is 0 Å². The van der Waals surface area contributed by atoms with Crippen molar-refractivity contribution in [1.82, 2.24) is 10.2 Å². The molecule has 0 amide bonds. The summed E-state index contributed by atoms with van der Waals surface area (Å²) in [5, 5.41) is 4.18. The van der Waals surface area contributed by atoms with E-state index >= 15 is 0 Å². The third kappa shape index (κ3) is 2.80. The third-order valence-corrected chi connectivity index (χ3v) is 3.82. The fraction of sp³-hybridized carbons (Fsp3) is 0.467. The molecule has 1 aliphatic rings. The normalized spacial score (nSPS) is 21.1. The van der Waals surface area contributed by atoms with E-state index in [2.05, 4.69) is 10.2 Å². The van der Waals surface area contributed by atoms with Gasteiger partial charge in [-0.15, -0.1) is 0 Å². The summed E-state index contributed by atoms with van der Waals surface area (Å²) in [6.07, 6.45) is 2.44. The number of nitrogens with zero attached hydrogens (tertiary/aromatic N) is 1. The second kappa shape index (κ2) is 5.31. The molecule has 2 aromatic rings. The summed E-state index contributed by atoms with van der Waals surface area (Å²) in [5.41, 5.74) is 0.763. The Morgan fingerprint density at radius 2 is 2.32 bits per heavy atom. The highest BCUT2D eigenvalue weighted by molar-refractivity contribution is 5.77. The molecule has 4 heteroatoms. The number of hydrogen-bond donors (Lipinski definition) is 1. The lowest BCUT2D eigenvalue weighted by molar-refractivity contribution is 0.177. The van der Waals surface area contributed by atoms with Crippen LogP contribution in [-0.2, 0) is 6.54 Å². The van der Waals surface area contributed by atoms with Crippen LogP contribution in [0.1, 0.15) is 18.6 Å². The summed E-state index contributed by atoms with van der Waals surface area (Å²) in [4.78, 5) is 2.39. The highest BCUT2D eigenvalue weighted by Gasteiger charge is 2.19. The highest BCUT2D eigenvalue weighted by atomic mass is 19.1. The van der Waals surface area contributed by atoms with Gasteiger partial charge in [-0.3, -0.25) is 4.90 Å². The monoisotopic (exact) mass is 262 g/mol. The minimum absolute atomic E-state index is 0.215. The maximum atomic E-state index is 13.1. The lowest BCUT2D eigenvalue weighted by Gasteiger charge is -2.31. The van der Waals surface area contributed by atoms with Crippen molar-refractivity contribution >= 4 is 11.0 Å². The molecule has 19 heavy (non-hydrogen) atoms. The van der Waals surface area contributed by atoms with E-state index in [1.54, 1.807) is 6.07 Å². The molecule has 1 N–H and O–H groups in total. The maximum absolute atomic E-state index is 13.1. The van der Waals surface area contributed by atoms with Crippen LogP contribution in [0.3, 0.4) is 0 Å². The molecule has 1 unspecified atom stereocenters. The van der Waals surface area contributed by atoms with E-state index in [4.69, 9.17) is 4.42 Å². The Morgan fingerprint density at radius 3 is 3.16 bits per heavy atom. The van der Waals surface area contributed by atoms with Crippen molar-refractivity contribution in [3.63, 3.8) is 0 Å². The molecule has 3 nitrogen and oxygen atoms in total. The summed E-state index contributed by atoms with van der Waals surface area (Å²) < 4.78 is 18.9. The summed E-state index contributed by atoms with van der Waals surface area (Å²) in [7, 11) is 2.01. The van der Waals surface area contributed by atoms with Gasteiger partial charge >= 0.3 is 0 Å². The van der Waals surface area contributed by atoms with Gasteiger partial charge < -0.3 is 9.73 Å². The van der Waals surface area contributed by atoms with E-state index < -0.39 is 0 Å². The molecule has 0 aliphatic carbocycles. The molecule has 0 spiro atoms. The average Bonchev–Trinajstić information content (AvgIpc) is 2.80. The second-order valence-corrected chi connectivity index (χ2v) is 5.26. The quantitative estimate of drug-likeness (QED) is 0.922. The SMILES string of the molecule is CNC1CCCN(Cc2cc3cc(F)ccc3o2)C1. The van der Waals surface area contributed by atoms with E-state index in [1.807, 2.05) is 13.1 Å². The number of piperidine rings is 1.